The number of para-hydroxylation sites is 1. The lowest BCUT2D eigenvalue weighted by atomic mass is 9.80. The summed E-state index contributed by atoms with van der Waals surface area (Å²) in [6, 6.07) is 7.94. The minimum Gasteiger partial charge on any atom is -0.426 e. The molecule has 0 atom stereocenters. The van der Waals surface area contributed by atoms with Crippen LogP contribution in [0.15, 0.2) is 24.3 Å². The van der Waals surface area contributed by atoms with E-state index in [4.69, 9.17) is 4.74 Å². The Bertz CT molecular complexity index is 505. The molecule has 0 aromatic heterocycles. The number of benzene rings is 1. The predicted molar refractivity (Wildman–Crippen MR) is 95.8 cm³/mol. The molecule has 0 amide bonds. The van der Waals surface area contributed by atoms with Crippen molar-refractivity contribution in [1.82, 2.24) is 0 Å². The molecule has 1 aromatic rings. The van der Waals surface area contributed by atoms with Gasteiger partial charge in [-0.1, -0.05) is 65.2 Å². The molecule has 0 N–H and O–H groups in total. The molecular formula is C21H32O2. The third-order valence-corrected chi connectivity index (χ3v) is 5.05. The minimum atomic E-state index is -0.0318. The lowest BCUT2D eigenvalue weighted by molar-refractivity contribution is -0.140. The van der Waals surface area contributed by atoms with E-state index in [9.17, 15) is 4.79 Å². The Balaban J connectivity index is 1.94. The maximum atomic E-state index is 12.5. The van der Waals surface area contributed by atoms with Gasteiger partial charge in [0, 0.05) is 5.56 Å². The standard InChI is InChI=1S/C21H32O2/c1-5-6-9-16-12-14-17(15-13-16)20(22)23-19-11-8-7-10-18(19)21(2,3)4/h7-8,10-11,16-17H,5-6,9,12-15H2,1-4H3. The van der Waals surface area contributed by atoms with Crippen LogP contribution in [0, 0.1) is 11.8 Å². The third kappa shape index (κ3) is 5.09. The lowest BCUT2D eigenvalue weighted by Gasteiger charge is -2.28. The van der Waals surface area contributed by atoms with E-state index in [0.717, 1.165) is 30.1 Å². The summed E-state index contributed by atoms with van der Waals surface area (Å²) < 4.78 is 5.79. The summed E-state index contributed by atoms with van der Waals surface area (Å²) in [4.78, 5) is 12.5. The van der Waals surface area contributed by atoms with Crippen molar-refractivity contribution in [3.8, 4) is 5.75 Å². The van der Waals surface area contributed by atoms with Crippen LogP contribution in [0.25, 0.3) is 0 Å². The Labute approximate surface area is 141 Å². The Morgan fingerprint density at radius 1 is 1.13 bits per heavy atom. The zero-order valence-electron chi connectivity index (χ0n) is 15.2. The highest BCUT2D eigenvalue weighted by Crippen LogP contribution is 2.35. The first kappa shape index (κ1) is 18.0. The monoisotopic (exact) mass is 316 g/mol. The first-order chi connectivity index (χ1) is 10.9. The second kappa shape index (κ2) is 7.99. The van der Waals surface area contributed by atoms with Crippen molar-refractivity contribution in [3.05, 3.63) is 29.8 Å². The highest BCUT2D eigenvalue weighted by atomic mass is 16.5. The molecule has 0 aliphatic heterocycles. The Hall–Kier alpha value is -1.31. The van der Waals surface area contributed by atoms with Gasteiger partial charge < -0.3 is 4.74 Å². The summed E-state index contributed by atoms with van der Waals surface area (Å²) >= 11 is 0. The van der Waals surface area contributed by atoms with E-state index in [-0.39, 0.29) is 17.3 Å². The first-order valence-electron chi connectivity index (χ1n) is 9.23. The van der Waals surface area contributed by atoms with E-state index in [1.165, 1.54) is 32.1 Å². The SMILES string of the molecule is CCCCC1CCC(C(=O)Oc2ccccc2C(C)(C)C)CC1. The van der Waals surface area contributed by atoms with Crippen molar-refractivity contribution in [3.63, 3.8) is 0 Å². The maximum absolute atomic E-state index is 12.5. The van der Waals surface area contributed by atoms with E-state index >= 15 is 0 Å². The molecule has 23 heavy (non-hydrogen) atoms. The van der Waals surface area contributed by atoms with Gasteiger partial charge in [-0.25, -0.2) is 0 Å². The zero-order chi connectivity index (χ0) is 16.9. The molecular weight excluding hydrogens is 284 g/mol. The molecule has 2 heteroatoms. The van der Waals surface area contributed by atoms with Crippen LogP contribution in [0.2, 0.25) is 0 Å². The van der Waals surface area contributed by atoms with Gasteiger partial charge in [0.25, 0.3) is 0 Å². The largest absolute Gasteiger partial charge is 0.426 e. The summed E-state index contributed by atoms with van der Waals surface area (Å²) in [6.07, 6.45) is 8.26. The van der Waals surface area contributed by atoms with Crippen molar-refractivity contribution >= 4 is 5.97 Å². The fourth-order valence-electron chi connectivity index (χ4n) is 3.55. The third-order valence-electron chi connectivity index (χ3n) is 5.05. The smallest absolute Gasteiger partial charge is 0.314 e. The maximum Gasteiger partial charge on any atom is 0.314 e. The molecule has 0 bridgehead atoms. The summed E-state index contributed by atoms with van der Waals surface area (Å²) in [5.74, 6) is 1.61. The Morgan fingerprint density at radius 3 is 2.39 bits per heavy atom. The molecule has 0 spiro atoms. The number of hydrogen-bond donors (Lipinski definition) is 0. The van der Waals surface area contributed by atoms with Crippen LogP contribution in [-0.4, -0.2) is 5.97 Å². The molecule has 0 radical (unpaired) electrons. The Morgan fingerprint density at radius 2 is 1.78 bits per heavy atom. The van der Waals surface area contributed by atoms with E-state index in [1.807, 2.05) is 18.2 Å². The number of carbonyl (C=O) groups is 1. The van der Waals surface area contributed by atoms with Gasteiger partial charge >= 0.3 is 5.97 Å². The topological polar surface area (TPSA) is 26.3 Å². The van der Waals surface area contributed by atoms with E-state index in [2.05, 4.69) is 33.8 Å². The van der Waals surface area contributed by atoms with Gasteiger partial charge in [-0.2, -0.15) is 0 Å². The van der Waals surface area contributed by atoms with Gasteiger partial charge in [0.1, 0.15) is 5.75 Å². The summed E-state index contributed by atoms with van der Waals surface area (Å²) in [6.45, 7) is 8.70. The van der Waals surface area contributed by atoms with E-state index in [1.54, 1.807) is 0 Å². The van der Waals surface area contributed by atoms with Crippen LogP contribution in [0.5, 0.6) is 5.75 Å². The van der Waals surface area contributed by atoms with Crippen molar-refractivity contribution < 1.29 is 9.53 Å². The summed E-state index contributed by atoms with van der Waals surface area (Å²) in [5.41, 5.74) is 1.08. The van der Waals surface area contributed by atoms with Gasteiger partial charge in [-0.15, -0.1) is 0 Å². The van der Waals surface area contributed by atoms with Crippen molar-refractivity contribution in [2.24, 2.45) is 11.8 Å². The molecule has 1 aromatic carbocycles. The fraction of sp³-hybridized carbons (Fsp3) is 0.667. The molecule has 0 heterocycles. The predicted octanol–water partition coefficient (Wildman–Crippen LogP) is 5.89. The Kier molecular flexibility index (Phi) is 6.26. The molecule has 1 aliphatic rings. The number of unbranched alkanes of at least 4 members (excludes halogenated alkanes) is 1. The molecule has 2 nitrogen and oxygen atoms in total. The number of rotatable bonds is 5. The number of ether oxygens (including phenoxy) is 1. The average molecular weight is 316 g/mol. The van der Waals surface area contributed by atoms with Gasteiger partial charge in [-0.3, -0.25) is 4.79 Å². The lowest BCUT2D eigenvalue weighted by Crippen LogP contribution is -2.26. The highest BCUT2D eigenvalue weighted by molar-refractivity contribution is 5.75. The van der Waals surface area contributed by atoms with E-state index < -0.39 is 0 Å². The number of carbonyl (C=O) groups excluding carboxylic acids is 1. The molecule has 0 saturated heterocycles. The second-order valence-corrected chi connectivity index (χ2v) is 8.03. The average Bonchev–Trinajstić information content (AvgIpc) is 2.53. The van der Waals surface area contributed by atoms with E-state index in [0.29, 0.717) is 0 Å². The molecule has 0 unspecified atom stereocenters. The van der Waals surface area contributed by atoms with Crippen LogP contribution in [-0.2, 0) is 10.2 Å². The van der Waals surface area contributed by atoms with Crippen LogP contribution >= 0.6 is 0 Å². The van der Waals surface area contributed by atoms with Gasteiger partial charge in [0.05, 0.1) is 5.92 Å². The van der Waals surface area contributed by atoms with Gasteiger partial charge in [0.2, 0.25) is 0 Å². The molecule has 1 aliphatic carbocycles. The van der Waals surface area contributed by atoms with Crippen molar-refractivity contribution in [2.45, 2.75) is 78.1 Å². The number of hydrogen-bond acceptors (Lipinski definition) is 2. The van der Waals surface area contributed by atoms with Crippen LogP contribution in [0.3, 0.4) is 0 Å². The summed E-state index contributed by atoms with van der Waals surface area (Å²) in [5, 5.41) is 0. The highest BCUT2D eigenvalue weighted by Gasteiger charge is 2.28. The van der Waals surface area contributed by atoms with Gasteiger partial charge in [-0.05, 0) is 43.1 Å². The molecule has 128 valence electrons. The zero-order valence-corrected chi connectivity index (χ0v) is 15.2. The van der Waals surface area contributed by atoms with Crippen LogP contribution < -0.4 is 4.74 Å². The van der Waals surface area contributed by atoms with Crippen molar-refractivity contribution in [2.75, 3.05) is 0 Å². The summed E-state index contributed by atoms with van der Waals surface area (Å²) in [7, 11) is 0. The fourth-order valence-corrected chi connectivity index (χ4v) is 3.55. The molecule has 2 rings (SSSR count). The quantitative estimate of drug-likeness (QED) is 0.500. The number of esters is 1. The normalized spacial score (nSPS) is 21.9. The molecule has 1 fully saturated rings. The molecule has 1 saturated carbocycles. The second-order valence-electron chi connectivity index (χ2n) is 8.03. The first-order valence-corrected chi connectivity index (χ1v) is 9.23. The van der Waals surface area contributed by atoms with Crippen LogP contribution in [0.4, 0.5) is 0 Å². The minimum absolute atomic E-state index is 0.0192. The van der Waals surface area contributed by atoms with Crippen molar-refractivity contribution in [1.29, 1.82) is 0 Å². The van der Waals surface area contributed by atoms with Crippen LogP contribution in [0.1, 0.15) is 78.2 Å². The van der Waals surface area contributed by atoms with Gasteiger partial charge in [0.15, 0.2) is 0 Å².